The summed E-state index contributed by atoms with van der Waals surface area (Å²) in [5, 5.41) is 0.200. The zero-order valence-electron chi connectivity index (χ0n) is 11.6. The Morgan fingerprint density at radius 2 is 1.71 bits per heavy atom. The lowest BCUT2D eigenvalue weighted by Gasteiger charge is -2.28. The van der Waals surface area contributed by atoms with Gasteiger partial charge in [-0.05, 0) is 44.2 Å². The zero-order chi connectivity index (χ0) is 15.6. The number of rotatable bonds is 4. The van der Waals surface area contributed by atoms with E-state index in [1.165, 1.54) is 10.4 Å². The zero-order valence-corrected chi connectivity index (χ0v) is 14.8. The molecule has 0 radical (unpaired) electrons. The normalized spacial score (nSPS) is 11.7. The van der Waals surface area contributed by atoms with Gasteiger partial charge in [-0.1, -0.05) is 45.7 Å². The second-order valence-corrected chi connectivity index (χ2v) is 7.91. The van der Waals surface area contributed by atoms with Gasteiger partial charge in [0.15, 0.2) is 0 Å². The number of nitrogens with zero attached hydrogens (tertiary/aromatic N) is 1. The van der Waals surface area contributed by atoms with Crippen LogP contribution in [0, 0.1) is 0 Å². The Kier molecular flexibility index (Phi) is 4.96. The van der Waals surface area contributed by atoms with Crippen molar-refractivity contribution >= 4 is 43.2 Å². The molecule has 0 aromatic heterocycles. The fourth-order valence-corrected chi connectivity index (χ4v) is 4.76. The summed E-state index contributed by atoms with van der Waals surface area (Å²) >= 11 is 9.40. The van der Waals surface area contributed by atoms with E-state index in [-0.39, 0.29) is 16.0 Å². The minimum absolute atomic E-state index is 0.102. The number of sulfonamides is 1. The monoisotopic (exact) mass is 387 g/mol. The second-order valence-electron chi connectivity index (χ2n) is 4.80. The predicted molar refractivity (Wildman–Crippen MR) is 90.4 cm³/mol. The van der Waals surface area contributed by atoms with Crippen LogP contribution in [0.25, 0.3) is 0 Å². The van der Waals surface area contributed by atoms with Crippen molar-refractivity contribution in [2.45, 2.75) is 24.8 Å². The molecule has 0 atom stereocenters. The highest BCUT2D eigenvalue weighted by atomic mass is 79.9. The molecule has 2 rings (SSSR count). The van der Waals surface area contributed by atoms with E-state index in [0.29, 0.717) is 5.69 Å². The Morgan fingerprint density at radius 3 is 2.24 bits per heavy atom. The minimum Gasteiger partial charge on any atom is -0.264 e. The first-order chi connectivity index (χ1) is 9.84. The molecule has 0 heterocycles. The Labute approximate surface area is 138 Å². The Bertz CT molecular complexity index is 733. The van der Waals surface area contributed by atoms with Crippen LogP contribution in [0.3, 0.4) is 0 Å². The Hall–Kier alpha value is -1.04. The first-order valence-electron chi connectivity index (χ1n) is 6.38. The van der Waals surface area contributed by atoms with Gasteiger partial charge in [0.2, 0.25) is 0 Å². The van der Waals surface area contributed by atoms with Crippen molar-refractivity contribution in [3.63, 3.8) is 0 Å². The van der Waals surface area contributed by atoms with E-state index in [0.717, 1.165) is 4.47 Å². The molecule has 3 nitrogen and oxygen atoms in total. The lowest BCUT2D eigenvalue weighted by molar-refractivity contribution is 0.584. The van der Waals surface area contributed by atoms with Gasteiger partial charge in [0.05, 0.1) is 10.7 Å². The molecule has 0 spiro atoms. The SMILES string of the molecule is CC(C)N(c1ccccc1)S(=O)(=O)c1ccc(Br)cc1Cl. The van der Waals surface area contributed by atoms with Crippen molar-refractivity contribution in [3.05, 3.63) is 58.0 Å². The maximum Gasteiger partial charge on any atom is 0.266 e. The summed E-state index contributed by atoms with van der Waals surface area (Å²) in [6.45, 7) is 3.66. The number of benzene rings is 2. The van der Waals surface area contributed by atoms with Crippen LogP contribution in [-0.2, 0) is 10.0 Å². The largest absolute Gasteiger partial charge is 0.266 e. The van der Waals surface area contributed by atoms with Crippen molar-refractivity contribution in [1.82, 2.24) is 0 Å². The average Bonchev–Trinajstić information content (AvgIpc) is 2.38. The van der Waals surface area contributed by atoms with Crippen molar-refractivity contribution in [1.29, 1.82) is 0 Å². The molecule has 2 aromatic carbocycles. The van der Waals surface area contributed by atoms with Crippen LogP contribution in [0.1, 0.15) is 13.8 Å². The van der Waals surface area contributed by atoms with Gasteiger partial charge in [0.1, 0.15) is 4.90 Å². The van der Waals surface area contributed by atoms with E-state index in [9.17, 15) is 8.42 Å². The molecule has 0 N–H and O–H groups in total. The quantitative estimate of drug-likeness (QED) is 0.761. The third-order valence-electron chi connectivity index (χ3n) is 2.91. The molecule has 0 unspecified atom stereocenters. The van der Waals surface area contributed by atoms with Crippen LogP contribution in [0.15, 0.2) is 57.9 Å². The standard InChI is InChI=1S/C15H15BrClNO2S/c1-11(2)18(13-6-4-3-5-7-13)21(19,20)15-9-8-12(16)10-14(15)17/h3-11H,1-2H3. The highest BCUT2D eigenvalue weighted by Gasteiger charge is 2.29. The molecular weight excluding hydrogens is 374 g/mol. The van der Waals surface area contributed by atoms with Crippen LogP contribution >= 0.6 is 27.5 Å². The minimum atomic E-state index is -3.72. The molecular formula is C15H15BrClNO2S. The highest BCUT2D eigenvalue weighted by molar-refractivity contribution is 9.10. The van der Waals surface area contributed by atoms with Gasteiger partial charge in [-0.25, -0.2) is 8.42 Å². The maximum atomic E-state index is 12.9. The van der Waals surface area contributed by atoms with Crippen molar-refractivity contribution in [2.24, 2.45) is 0 Å². The van der Waals surface area contributed by atoms with E-state index in [2.05, 4.69) is 15.9 Å². The molecule has 112 valence electrons. The Balaban J connectivity index is 2.59. The van der Waals surface area contributed by atoms with Gasteiger partial charge in [-0.3, -0.25) is 4.31 Å². The predicted octanol–water partition coefficient (Wildman–Crippen LogP) is 4.71. The summed E-state index contributed by atoms with van der Waals surface area (Å²) < 4.78 is 28.0. The summed E-state index contributed by atoms with van der Waals surface area (Å²) in [5.41, 5.74) is 0.617. The number of halogens is 2. The molecule has 0 aliphatic heterocycles. The first-order valence-corrected chi connectivity index (χ1v) is 8.99. The molecule has 0 saturated heterocycles. The second kappa shape index (κ2) is 6.38. The van der Waals surface area contributed by atoms with Gasteiger partial charge < -0.3 is 0 Å². The molecule has 0 aliphatic carbocycles. The van der Waals surface area contributed by atoms with Gasteiger partial charge >= 0.3 is 0 Å². The third kappa shape index (κ3) is 3.42. The van der Waals surface area contributed by atoms with Gasteiger partial charge in [0, 0.05) is 10.5 Å². The number of hydrogen-bond donors (Lipinski definition) is 0. The fraction of sp³-hybridized carbons (Fsp3) is 0.200. The van der Waals surface area contributed by atoms with Crippen molar-refractivity contribution in [2.75, 3.05) is 4.31 Å². The highest BCUT2D eigenvalue weighted by Crippen LogP contribution is 2.31. The molecule has 0 fully saturated rings. The lowest BCUT2D eigenvalue weighted by atomic mass is 10.3. The fourth-order valence-electron chi connectivity index (χ4n) is 2.08. The van der Waals surface area contributed by atoms with E-state index >= 15 is 0 Å². The number of anilines is 1. The van der Waals surface area contributed by atoms with E-state index in [1.54, 1.807) is 24.3 Å². The van der Waals surface area contributed by atoms with Crippen molar-refractivity contribution in [3.8, 4) is 0 Å². The Morgan fingerprint density at radius 1 is 1.10 bits per heavy atom. The number of para-hydroxylation sites is 1. The topological polar surface area (TPSA) is 37.4 Å². The third-order valence-corrected chi connectivity index (χ3v) is 5.89. The van der Waals surface area contributed by atoms with Gasteiger partial charge in [-0.2, -0.15) is 0 Å². The summed E-state index contributed by atoms with van der Waals surface area (Å²) in [6.07, 6.45) is 0. The first kappa shape index (κ1) is 16.3. The summed E-state index contributed by atoms with van der Waals surface area (Å²) in [6, 6.07) is 13.5. The van der Waals surface area contributed by atoms with E-state index < -0.39 is 10.0 Å². The summed E-state index contributed by atoms with van der Waals surface area (Å²) in [7, 11) is -3.72. The lowest BCUT2D eigenvalue weighted by Crippen LogP contribution is -2.37. The van der Waals surface area contributed by atoms with Crippen molar-refractivity contribution < 1.29 is 8.42 Å². The molecule has 6 heteroatoms. The van der Waals surface area contributed by atoms with E-state index in [4.69, 9.17) is 11.6 Å². The van der Waals surface area contributed by atoms with Gasteiger partial charge in [-0.15, -0.1) is 0 Å². The van der Waals surface area contributed by atoms with Crippen LogP contribution in [0.5, 0.6) is 0 Å². The molecule has 21 heavy (non-hydrogen) atoms. The van der Waals surface area contributed by atoms with Crippen LogP contribution in [-0.4, -0.2) is 14.5 Å². The molecule has 0 saturated carbocycles. The smallest absolute Gasteiger partial charge is 0.264 e. The van der Waals surface area contributed by atoms with Crippen LogP contribution in [0.4, 0.5) is 5.69 Å². The van der Waals surface area contributed by atoms with Gasteiger partial charge in [0.25, 0.3) is 10.0 Å². The average molecular weight is 389 g/mol. The van der Waals surface area contributed by atoms with Crippen LogP contribution < -0.4 is 4.31 Å². The molecule has 0 amide bonds. The van der Waals surface area contributed by atoms with Crippen LogP contribution in [0.2, 0.25) is 5.02 Å². The summed E-state index contributed by atoms with van der Waals surface area (Å²) in [4.78, 5) is 0.102. The van der Waals surface area contributed by atoms with E-state index in [1.807, 2.05) is 32.0 Å². The molecule has 0 aliphatic rings. The maximum absolute atomic E-state index is 12.9. The summed E-state index contributed by atoms with van der Waals surface area (Å²) in [5.74, 6) is 0. The molecule has 0 bridgehead atoms. The number of hydrogen-bond acceptors (Lipinski definition) is 2. The molecule has 2 aromatic rings.